The molecule has 90 valence electrons. The van der Waals surface area contributed by atoms with Crippen LogP contribution in [0.5, 0.6) is 0 Å². The highest BCUT2D eigenvalue weighted by Crippen LogP contribution is 2.09. The normalized spacial score (nSPS) is 9.78. The first kappa shape index (κ1) is 11.8. The minimum Gasteiger partial charge on any atom is -0.478 e. The number of carboxylic acids is 1. The highest BCUT2D eigenvalue weighted by molar-refractivity contribution is 6.05. The second-order valence-corrected chi connectivity index (χ2v) is 3.58. The van der Waals surface area contributed by atoms with Gasteiger partial charge in [-0.2, -0.15) is 0 Å². The molecule has 18 heavy (non-hydrogen) atoms. The standard InChI is InChI=1S/C13H10N2O3/c16-12(15-11-5-2-6-14-8-11)9-3-1-4-10(7-9)13(17)18/h1-8H,(H,15,16)(H,17,18). The SMILES string of the molecule is O=C(O)c1cccc(C(=O)Nc2cccnc2)c1. The average molecular weight is 242 g/mol. The molecule has 1 heterocycles. The molecule has 2 N–H and O–H groups in total. The summed E-state index contributed by atoms with van der Waals surface area (Å²) in [4.78, 5) is 26.5. The Bertz CT molecular complexity index is 582. The number of amides is 1. The van der Waals surface area contributed by atoms with Crippen LogP contribution in [-0.4, -0.2) is 22.0 Å². The molecule has 5 nitrogen and oxygen atoms in total. The van der Waals surface area contributed by atoms with Crippen molar-refractivity contribution in [2.75, 3.05) is 5.32 Å². The first-order valence-corrected chi connectivity index (χ1v) is 5.21. The number of aromatic nitrogens is 1. The van der Waals surface area contributed by atoms with Gasteiger partial charge in [-0.3, -0.25) is 9.78 Å². The van der Waals surface area contributed by atoms with E-state index in [-0.39, 0.29) is 11.5 Å². The van der Waals surface area contributed by atoms with Crippen molar-refractivity contribution in [2.45, 2.75) is 0 Å². The highest BCUT2D eigenvalue weighted by Gasteiger charge is 2.09. The van der Waals surface area contributed by atoms with Crippen molar-refractivity contribution in [3.8, 4) is 0 Å². The number of aromatic carboxylic acids is 1. The minimum atomic E-state index is -1.06. The Hall–Kier alpha value is -2.69. The lowest BCUT2D eigenvalue weighted by Crippen LogP contribution is -2.12. The molecule has 0 saturated heterocycles. The average Bonchev–Trinajstić information content (AvgIpc) is 2.40. The van der Waals surface area contributed by atoms with Gasteiger partial charge in [0, 0.05) is 11.8 Å². The molecule has 0 radical (unpaired) electrons. The lowest BCUT2D eigenvalue weighted by molar-refractivity contribution is 0.0697. The van der Waals surface area contributed by atoms with E-state index in [1.165, 1.54) is 24.4 Å². The third-order valence-corrected chi connectivity index (χ3v) is 2.29. The fourth-order valence-electron chi connectivity index (χ4n) is 1.43. The third kappa shape index (κ3) is 2.70. The van der Waals surface area contributed by atoms with Crippen LogP contribution in [0.15, 0.2) is 48.8 Å². The van der Waals surface area contributed by atoms with Crippen LogP contribution < -0.4 is 5.32 Å². The predicted molar refractivity (Wildman–Crippen MR) is 65.6 cm³/mol. The number of carbonyl (C=O) groups excluding carboxylic acids is 1. The molecule has 0 spiro atoms. The van der Waals surface area contributed by atoms with Gasteiger partial charge < -0.3 is 10.4 Å². The number of pyridine rings is 1. The zero-order chi connectivity index (χ0) is 13.0. The Morgan fingerprint density at radius 3 is 2.56 bits per heavy atom. The zero-order valence-corrected chi connectivity index (χ0v) is 9.33. The van der Waals surface area contributed by atoms with Gasteiger partial charge in [0.05, 0.1) is 17.4 Å². The van der Waals surface area contributed by atoms with Gasteiger partial charge in [0.25, 0.3) is 5.91 Å². The fraction of sp³-hybridized carbons (Fsp3) is 0. The van der Waals surface area contributed by atoms with E-state index >= 15 is 0 Å². The number of carboxylic acid groups (broad SMARTS) is 1. The highest BCUT2D eigenvalue weighted by atomic mass is 16.4. The molecule has 0 aliphatic heterocycles. The summed E-state index contributed by atoms with van der Waals surface area (Å²) in [6.07, 6.45) is 3.11. The molecular formula is C13H10N2O3. The maximum atomic E-state index is 11.9. The van der Waals surface area contributed by atoms with Crippen LogP contribution in [0.25, 0.3) is 0 Å². The van der Waals surface area contributed by atoms with Gasteiger partial charge in [0.2, 0.25) is 0 Å². The minimum absolute atomic E-state index is 0.0776. The Labute approximate surface area is 103 Å². The lowest BCUT2D eigenvalue weighted by Gasteiger charge is -2.05. The molecule has 2 rings (SSSR count). The van der Waals surface area contributed by atoms with Crippen LogP contribution in [0, 0.1) is 0 Å². The number of hydrogen-bond acceptors (Lipinski definition) is 3. The third-order valence-electron chi connectivity index (χ3n) is 2.29. The lowest BCUT2D eigenvalue weighted by atomic mass is 10.1. The van der Waals surface area contributed by atoms with E-state index in [1.54, 1.807) is 24.4 Å². The molecule has 0 saturated carbocycles. The van der Waals surface area contributed by atoms with Gasteiger partial charge in [-0.1, -0.05) is 6.07 Å². The summed E-state index contributed by atoms with van der Waals surface area (Å²) in [5.74, 6) is -1.43. The summed E-state index contributed by atoms with van der Waals surface area (Å²) in [6.45, 7) is 0. The number of carbonyl (C=O) groups is 2. The van der Waals surface area contributed by atoms with Crippen molar-refractivity contribution in [1.82, 2.24) is 4.98 Å². The van der Waals surface area contributed by atoms with E-state index in [4.69, 9.17) is 5.11 Å². The van der Waals surface area contributed by atoms with E-state index in [0.717, 1.165) is 0 Å². The Morgan fingerprint density at radius 1 is 1.11 bits per heavy atom. The van der Waals surface area contributed by atoms with Gasteiger partial charge >= 0.3 is 5.97 Å². The van der Waals surface area contributed by atoms with Gasteiger partial charge in [-0.05, 0) is 30.3 Å². The summed E-state index contributed by atoms with van der Waals surface area (Å²) in [6, 6.07) is 9.24. The molecular weight excluding hydrogens is 232 g/mol. The van der Waals surface area contributed by atoms with Crippen LogP contribution >= 0.6 is 0 Å². The molecule has 1 aromatic heterocycles. The zero-order valence-electron chi connectivity index (χ0n) is 9.33. The molecule has 0 fully saturated rings. The Kier molecular flexibility index (Phi) is 3.33. The predicted octanol–water partition coefficient (Wildman–Crippen LogP) is 2.03. The Morgan fingerprint density at radius 2 is 1.89 bits per heavy atom. The maximum Gasteiger partial charge on any atom is 0.335 e. The number of rotatable bonds is 3. The number of anilines is 1. The second kappa shape index (κ2) is 5.09. The van der Waals surface area contributed by atoms with E-state index in [2.05, 4.69) is 10.3 Å². The summed E-state index contributed by atoms with van der Waals surface area (Å²) in [5.41, 5.74) is 0.927. The van der Waals surface area contributed by atoms with Crippen LogP contribution in [0.3, 0.4) is 0 Å². The van der Waals surface area contributed by atoms with E-state index < -0.39 is 5.97 Å². The molecule has 0 bridgehead atoms. The maximum absolute atomic E-state index is 11.9. The largest absolute Gasteiger partial charge is 0.478 e. The van der Waals surface area contributed by atoms with Gasteiger partial charge in [-0.15, -0.1) is 0 Å². The van der Waals surface area contributed by atoms with Gasteiger partial charge in [0.15, 0.2) is 0 Å². The van der Waals surface area contributed by atoms with E-state index in [9.17, 15) is 9.59 Å². The fourth-order valence-corrected chi connectivity index (χ4v) is 1.43. The van der Waals surface area contributed by atoms with Gasteiger partial charge in [0.1, 0.15) is 0 Å². The van der Waals surface area contributed by atoms with Crippen molar-refractivity contribution in [3.05, 3.63) is 59.9 Å². The summed E-state index contributed by atoms with van der Waals surface area (Å²) < 4.78 is 0. The van der Waals surface area contributed by atoms with Crippen LogP contribution in [-0.2, 0) is 0 Å². The summed E-state index contributed by atoms with van der Waals surface area (Å²) in [7, 11) is 0. The topological polar surface area (TPSA) is 79.3 Å². The van der Waals surface area contributed by atoms with Crippen molar-refractivity contribution in [2.24, 2.45) is 0 Å². The van der Waals surface area contributed by atoms with Crippen molar-refractivity contribution >= 4 is 17.6 Å². The monoisotopic (exact) mass is 242 g/mol. The number of nitrogens with zero attached hydrogens (tertiary/aromatic N) is 1. The second-order valence-electron chi connectivity index (χ2n) is 3.58. The summed E-state index contributed by atoms with van der Waals surface area (Å²) in [5, 5.41) is 11.5. The molecule has 0 atom stereocenters. The summed E-state index contributed by atoms with van der Waals surface area (Å²) >= 11 is 0. The first-order valence-electron chi connectivity index (χ1n) is 5.21. The van der Waals surface area contributed by atoms with Crippen molar-refractivity contribution in [1.29, 1.82) is 0 Å². The molecule has 1 amide bonds. The quantitative estimate of drug-likeness (QED) is 0.863. The van der Waals surface area contributed by atoms with E-state index in [1.807, 2.05) is 0 Å². The van der Waals surface area contributed by atoms with Crippen LogP contribution in [0.4, 0.5) is 5.69 Å². The number of nitrogens with one attached hydrogen (secondary N) is 1. The van der Waals surface area contributed by atoms with Gasteiger partial charge in [-0.25, -0.2) is 4.79 Å². The smallest absolute Gasteiger partial charge is 0.335 e. The molecule has 0 unspecified atom stereocenters. The Balaban J connectivity index is 2.19. The first-order chi connectivity index (χ1) is 8.66. The van der Waals surface area contributed by atoms with Crippen molar-refractivity contribution in [3.63, 3.8) is 0 Å². The molecule has 0 aliphatic carbocycles. The number of benzene rings is 1. The van der Waals surface area contributed by atoms with Crippen LogP contribution in [0.1, 0.15) is 20.7 Å². The molecule has 1 aromatic carbocycles. The molecule has 2 aromatic rings. The number of hydrogen-bond donors (Lipinski definition) is 2. The molecule has 0 aliphatic rings. The van der Waals surface area contributed by atoms with Crippen LogP contribution in [0.2, 0.25) is 0 Å². The van der Waals surface area contributed by atoms with E-state index in [0.29, 0.717) is 11.3 Å². The molecule has 5 heteroatoms. The van der Waals surface area contributed by atoms with Crippen molar-refractivity contribution < 1.29 is 14.7 Å².